The fourth-order valence-electron chi connectivity index (χ4n) is 3.56. The minimum absolute atomic E-state index is 0.230. The lowest BCUT2D eigenvalue weighted by atomic mass is 9.82. The average Bonchev–Trinajstić information content (AvgIpc) is 2.76. The van der Waals surface area contributed by atoms with E-state index in [9.17, 15) is 9.59 Å². The monoisotopic (exact) mass is 401 g/mol. The summed E-state index contributed by atoms with van der Waals surface area (Å²) in [5, 5.41) is 1.61. The molecule has 0 unspecified atom stereocenters. The maximum atomic E-state index is 13.4. The number of nitrogens with two attached hydrogens (primary N) is 1. The van der Waals surface area contributed by atoms with Gasteiger partial charge in [-0.2, -0.15) is 0 Å². The highest BCUT2D eigenvalue weighted by Crippen LogP contribution is 2.39. The number of likely N-dealkylation sites (N-methyl/N-ethyl adjacent to an activating group) is 1. The molecule has 0 saturated carbocycles. The van der Waals surface area contributed by atoms with Crippen LogP contribution in [0.25, 0.3) is 0 Å². The van der Waals surface area contributed by atoms with Crippen LogP contribution < -0.4 is 10.8 Å². The van der Waals surface area contributed by atoms with Gasteiger partial charge >= 0.3 is 0 Å². The van der Waals surface area contributed by atoms with Crippen LogP contribution in [0.2, 0.25) is 0 Å². The normalized spacial score (nSPS) is 12.6. The van der Waals surface area contributed by atoms with Crippen molar-refractivity contribution in [1.82, 2.24) is 4.90 Å². The highest BCUT2D eigenvalue weighted by Gasteiger charge is 2.35. The van der Waals surface area contributed by atoms with E-state index in [1.807, 2.05) is 49.3 Å². The molecule has 6 nitrogen and oxygen atoms in total. The summed E-state index contributed by atoms with van der Waals surface area (Å²) in [7, 11) is 3.92. The van der Waals surface area contributed by atoms with Gasteiger partial charge in [-0.3, -0.25) is 14.4 Å². The molecule has 1 aliphatic rings. The third kappa shape index (κ3) is 3.47. The van der Waals surface area contributed by atoms with Crippen molar-refractivity contribution in [2.45, 2.75) is 0 Å². The highest BCUT2D eigenvalue weighted by molar-refractivity contribution is 6.31. The number of nitrogen functional groups attached to an aromatic ring is 1. The Bertz CT molecular complexity index is 1110. The number of hydrogen-bond acceptors (Lipinski definition) is 6. The van der Waals surface area contributed by atoms with Crippen molar-refractivity contribution in [3.8, 4) is 0 Å². The van der Waals surface area contributed by atoms with Gasteiger partial charge in [0.1, 0.15) is 0 Å². The zero-order chi connectivity index (χ0) is 21.3. The van der Waals surface area contributed by atoms with E-state index >= 15 is 0 Å². The summed E-state index contributed by atoms with van der Waals surface area (Å²) in [6.45, 7) is 1.09. The molecule has 3 aromatic carbocycles. The van der Waals surface area contributed by atoms with Crippen molar-refractivity contribution in [2.75, 3.05) is 38.0 Å². The molecular formula is C24H23N3O3. The topological polar surface area (TPSA) is 75.9 Å². The second-order valence-electron chi connectivity index (χ2n) is 7.39. The number of anilines is 3. The quantitative estimate of drug-likeness (QED) is 0.392. The zero-order valence-corrected chi connectivity index (χ0v) is 17.0. The van der Waals surface area contributed by atoms with Gasteiger partial charge in [-0.15, -0.1) is 0 Å². The van der Waals surface area contributed by atoms with Gasteiger partial charge in [0.05, 0.1) is 29.1 Å². The number of fused-ring (bicyclic) bond motifs is 2. The van der Waals surface area contributed by atoms with E-state index in [0.29, 0.717) is 30.0 Å². The number of carbonyl (C=O) groups is 2. The Labute approximate surface area is 175 Å². The van der Waals surface area contributed by atoms with Crippen LogP contribution in [0.15, 0.2) is 66.7 Å². The van der Waals surface area contributed by atoms with Gasteiger partial charge in [0, 0.05) is 23.4 Å². The summed E-state index contributed by atoms with van der Waals surface area (Å²) in [4.78, 5) is 34.7. The number of nitrogens with zero attached hydrogens (tertiary/aromatic N) is 2. The van der Waals surface area contributed by atoms with Gasteiger partial charge in [-0.25, -0.2) is 5.06 Å². The lowest BCUT2D eigenvalue weighted by molar-refractivity contribution is 0.0973. The SMILES string of the molecule is CN(C)CCON(c1ccccc1)c1ccc(N)c2c1C(=O)c1ccccc1C2=O. The second-order valence-corrected chi connectivity index (χ2v) is 7.39. The van der Waals surface area contributed by atoms with Crippen LogP contribution in [0.5, 0.6) is 0 Å². The molecule has 152 valence electrons. The van der Waals surface area contributed by atoms with Crippen molar-refractivity contribution in [3.05, 3.63) is 89.0 Å². The van der Waals surface area contributed by atoms with Gasteiger partial charge < -0.3 is 10.6 Å². The zero-order valence-electron chi connectivity index (χ0n) is 17.0. The Morgan fingerprint density at radius 2 is 1.40 bits per heavy atom. The molecule has 0 bridgehead atoms. The van der Waals surface area contributed by atoms with Crippen molar-refractivity contribution < 1.29 is 14.4 Å². The van der Waals surface area contributed by atoms with Gasteiger partial charge in [-0.05, 0) is 38.4 Å². The number of benzene rings is 3. The van der Waals surface area contributed by atoms with Crippen LogP contribution in [0.3, 0.4) is 0 Å². The van der Waals surface area contributed by atoms with Crippen molar-refractivity contribution in [3.63, 3.8) is 0 Å². The van der Waals surface area contributed by atoms with E-state index in [0.717, 1.165) is 5.69 Å². The molecule has 1 aliphatic carbocycles. The van der Waals surface area contributed by atoms with E-state index in [1.165, 1.54) is 0 Å². The molecule has 30 heavy (non-hydrogen) atoms. The number of para-hydroxylation sites is 1. The number of hydrogen-bond donors (Lipinski definition) is 1. The molecule has 0 aliphatic heterocycles. The van der Waals surface area contributed by atoms with Crippen LogP contribution in [-0.2, 0) is 4.84 Å². The molecule has 0 amide bonds. The van der Waals surface area contributed by atoms with E-state index in [1.54, 1.807) is 41.5 Å². The number of rotatable bonds is 6. The Balaban J connectivity index is 1.87. The molecule has 6 heteroatoms. The van der Waals surface area contributed by atoms with Crippen molar-refractivity contribution in [1.29, 1.82) is 0 Å². The molecule has 0 spiro atoms. The van der Waals surface area contributed by atoms with E-state index in [2.05, 4.69) is 0 Å². The van der Waals surface area contributed by atoms with Crippen LogP contribution in [0.1, 0.15) is 31.8 Å². The Morgan fingerprint density at radius 1 is 0.800 bits per heavy atom. The Morgan fingerprint density at radius 3 is 2.03 bits per heavy atom. The first-order valence-electron chi connectivity index (χ1n) is 9.72. The summed E-state index contributed by atoms with van der Waals surface area (Å²) in [5.74, 6) is -0.486. The lowest BCUT2D eigenvalue weighted by Gasteiger charge is -2.29. The van der Waals surface area contributed by atoms with Gasteiger partial charge in [0.2, 0.25) is 0 Å². The van der Waals surface area contributed by atoms with Gasteiger partial charge in [0.25, 0.3) is 0 Å². The van der Waals surface area contributed by atoms with Crippen LogP contribution >= 0.6 is 0 Å². The lowest BCUT2D eigenvalue weighted by Crippen LogP contribution is -2.29. The maximum absolute atomic E-state index is 13.4. The smallest absolute Gasteiger partial charge is 0.196 e. The Hall–Kier alpha value is -3.48. The maximum Gasteiger partial charge on any atom is 0.196 e. The van der Waals surface area contributed by atoms with Crippen LogP contribution in [0.4, 0.5) is 17.1 Å². The first-order chi connectivity index (χ1) is 14.5. The van der Waals surface area contributed by atoms with Crippen molar-refractivity contribution >= 4 is 28.6 Å². The minimum Gasteiger partial charge on any atom is -0.398 e. The summed E-state index contributed by atoms with van der Waals surface area (Å²) in [5.41, 5.74) is 8.94. The van der Waals surface area contributed by atoms with E-state index in [-0.39, 0.29) is 28.4 Å². The number of ketones is 2. The molecular weight excluding hydrogens is 378 g/mol. The molecule has 0 fully saturated rings. The fourth-order valence-corrected chi connectivity index (χ4v) is 3.56. The molecule has 0 radical (unpaired) electrons. The molecule has 0 saturated heterocycles. The summed E-state index contributed by atoms with van der Waals surface area (Å²) in [6, 6.07) is 19.7. The summed E-state index contributed by atoms with van der Waals surface area (Å²) in [6.07, 6.45) is 0. The molecule has 2 N–H and O–H groups in total. The summed E-state index contributed by atoms with van der Waals surface area (Å²) < 4.78 is 0. The first-order valence-corrected chi connectivity index (χ1v) is 9.72. The fraction of sp³-hybridized carbons (Fsp3) is 0.167. The van der Waals surface area contributed by atoms with Crippen LogP contribution in [-0.4, -0.2) is 43.7 Å². The summed E-state index contributed by atoms with van der Waals surface area (Å²) >= 11 is 0. The average molecular weight is 401 g/mol. The minimum atomic E-state index is -0.249. The molecule has 0 heterocycles. The van der Waals surface area contributed by atoms with Gasteiger partial charge in [0.15, 0.2) is 11.6 Å². The van der Waals surface area contributed by atoms with Crippen LogP contribution in [0, 0.1) is 0 Å². The standard InChI is InChI=1S/C24H23N3O3/c1-26(2)14-15-30-27(16-8-4-3-5-9-16)20-13-12-19(25)21-22(20)24(29)18-11-7-6-10-17(18)23(21)28/h3-13H,14-15,25H2,1-2H3. The molecule has 4 rings (SSSR count). The Kier molecular flexibility index (Phi) is 5.35. The van der Waals surface area contributed by atoms with E-state index in [4.69, 9.17) is 10.6 Å². The predicted molar refractivity (Wildman–Crippen MR) is 117 cm³/mol. The second kappa shape index (κ2) is 8.10. The van der Waals surface area contributed by atoms with Crippen molar-refractivity contribution in [2.24, 2.45) is 0 Å². The molecule has 3 aromatic rings. The molecule has 0 aromatic heterocycles. The van der Waals surface area contributed by atoms with Gasteiger partial charge in [-0.1, -0.05) is 42.5 Å². The number of carbonyl (C=O) groups excluding carboxylic acids is 2. The highest BCUT2D eigenvalue weighted by atomic mass is 16.7. The first kappa shape index (κ1) is 19.8. The third-order valence-electron chi connectivity index (χ3n) is 5.05. The van der Waals surface area contributed by atoms with E-state index < -0.39 is 0 Å². The molecule has 0 atom stereocenters. The third-order valence-corrected chi connectivity index (χ3v) is 5.05. The largest absolute Gasteiger partial charge is 0.398 e. The predicted octanol–water partition coefficient (Wildman–Crippen LogP) is 3.68.